The number of hydrogen-bond acceptors (Lipinski definition) is 7. The summed E-state index contributed by atoms with van der Waals surface area (Å²) in [7, 11) is 3.15. The minimum absolute atomic E-state index is 0. The van der Waals surface area contributed by atoms with Crippen molar-refractivity contribution >= 4 is 25.7 Å². The molecule has 1 N–H and O–H groups in total. The molecule has 0 bridgehead atoms. The minimum atomic E-state index is -4.44. The topological polar surface area (TPSA) is 40.2 Å². The molecule has 14 heteroatoms. The third-order valence-electron chi connectivity index (χ3n) is 6.13. The maximum absolute atomic E-state index is 13.0. The van der Waals surface area contributed by atoms with Crippen molar-refractivity contribution in [1.29, 1.82) is 0 Å². The second kappa shape index (κ2) is 23.3. The summed E-state index contributed by atoms with van der Waals surface area (Å²) in [5.74, 6) is 0.792. The number of nitrogens with zero attached hydrogens (tertiary/aromatic N) is 3. The van der Waals surface area contributed by atoms with Gasteiger partial charge in [-0.3, -0.25) is 5.01 Å². The highest BCUT2D eigenvalue weighted by Gasteiger charge is 2.37. The zero-order chi connectivity index (χ0) is 36.5. The summed E-state index contributed by atoms with van der Waals surface area (Å²) in [6.45, 7) is 24.6. The van der Waals surface area contributed by atoms with Gasteiger partial charge in [0.25, 0.3) is 0 Å². The molecule has 274 valence electrons. The van der Waals surface area contributed by atoms with Crippen LogP contribution in [0.5, 0.6) is 5.75 Å². The summed E-state index contributed by atoms with van der Waals surface area (Å²) in [5, 5.41) is 3.87. The third kappa shape index (κ3) is 16.2. The fourth-order valence-electron chi connectivity index (χ4n) is 4.26. The molecular weight excluding hydrogens is 663 g/mol. The number of halogens is 6. The number of ether oxygens (including phenoxy) is 1. The van der Waals surface area contributed by atoms with E-state index in [2.05, 4.69) is 12.1 Å². The fraction of sp³-hybridized carbons (Fsp3) is 0.576. The van der Waals surface area contributed by atoms with Crippen LogP contribution < -0.4 is 10.2 Å². The van der Waals surface area contributed by atoms with Gasteiger partial charge in [-0.1, -0.05) is 66.3 Å². The van der Waals surface area contributed by atoms with Gasteiger partial charge in [0.05, 0.1) is 17.1 Å². The highest BCUT2D eigenvalue weighted by Crippen LogP contribution is 2.36. The van der Waals surface area contributed by atoms with Gasteiger partial charge in [0.15, 0.2) is 0 Å². The molecule has 0 aromatic heterocycles. The zero-order valence-corrected chi connectivity index (χ0v) is 31.9. The van der Waals surface area contributed by atoms with Crippen LogP contribution in [0.3, 0.4) is 0 Å². The molecule has 6 nitrogen and oxygen atoms in total. The Hall–Kier alpha value is -2.10. The summed E-state index contributed by atoms with van der Waals surface area (Å²) in [6.07, 6.45) is -3.48. The van der Waals surface area contributed by atoms with E-state index < -0.39 is 30.0 Å². The van der Waals surface area contributed by atoms with Gasteiger partial charge in [-0.2, -0.15) is 45.3 Å². The highest BCUT2D eigenvalue weighted by molar-refractivity contribution is 7.92. The monoisotopic (exact) mass is 718 g/mol. The number of hydrogen-bond donors (Lipinski definition) is 1. The molecule has 0 saturated carbocycles. The molecule has 1 aliphatic rings. The summed E-state index contributed by atoms with van der Waals surface area (Å²) in [5.41, 5.74) is 3.74. The standard InChI is InChI=1S/C27H36F6N4O2S.3C2H6.H2S/c1-9-11-21(25(5,6)34-39-40-35(7)17-26(28,29)30)16-18(3)23-19(4)24(37(10-2)36(23)8)38-22-14-12-20(13-15-22)27(31,32)33;3*1-2;/h9,11-16,23,34H,1,10,17H2,2-8H3;3*1-2H3;1H2/b18-16+,21-11+;;;;. The Morgan fingerprint density at radius 1 is 1.02 bits per heavy atom. The molecule has 0 saturated heterocycles. The van der Waals surface area contributed by atoms with Crippen molar-refractivity contribution in [2.45, 2.75) is 100 Å². The van der Waals surface area contributed by atoms with Crippen LogP contribution in [0.25, 0.3) is 0 Å². The predicted molar refractivity (Wildman–Crippen MR) is 190 cm³/mol. The molecular formula is C33H56F6N4O2S2. The van der Waals surface area contributed by atoms with Crippen molar-refractivity contribution in [2.24, 2.45) is 0 Å². The van der Waals surface area contributed by atoms with Crippen molar-refractivity contribution in [2.75, 3.05) is 27.2 Å². The number of allylic oxidation sites excluding steroid dienone is 2. The molecule has 1 heterocycles. The van der Waals surface area contributed by atoms with Gasteiger partial charge in [-0.25, -0.2) is 13.6 Å². The normalized spacial score (nSPS) is 15.9. The molecule has 0 spiro atoms. The number of likely N-dealkylation sites (N-methyl/N-ethyl adjacent to an activating group) is 1. The number of hydroxylamine groups is 1. The van der Waals surface area contributed by atoms with Crippen molar-refractivity contribution < 1.29 is 35.4 Å². The highest BCUT2D eigenvalue weighted by atomic mass is 32.2. The quantitative estimate of drug-likeness (QED) is 0.0759. The van der Waals surface area contributed by atoms with Gasteiger partial charge in [0, 0.05) is 26.2 Å². The van der Waals surface area contributed by atoms with E-state index in [4.69, 9.17) is 9.02 Å². The van der Waals surface area contributed by atoms with Gasteiger partial charge in [-0.05, 0) is 70.0 Å². The number of hydrazine groups is 1. The lowest BCUT2D eigenvalue weighted by Gasteiger charge is -2.32. The van der Waals surface area contributed by atoms with Crippen LogP contribution in [0, 0.1) is 0 Å². The van der Waals surface area contributed by atoms with Gasteiger partial charge >= 0.3 is 12.4 Å². The second-order valence-corrected chi connectivity index (χ2v) is 10.8. The van der Waals surface area contributed by atoms with Crippen molar-refractivity contribution in [3.63, 3.8) is 0 Å². The maximum atomic E-state index is 13.0. The Morgan fingerprint density at radius 3 is 1.96 bits per heavy atom. The lowest BCUT2D eigenvalue weighted by Crippen LogP contribution is -2.42. The molecule has 0 aliphatic carbocycles. The number of alkyl halides is 6. The fourth-order valence-corrected chi connectivity index (χ4v) is 4.83. The predicted octanol–water partition coefficient (Wildman–Crippen LogP) is 10.5. The number of benzene rings is 1. The van der Waals surface area contributed by atoms with E-state index in [1.807, 2.05) is 99.3 Å². The summed E-state index contributed by atoms with van der Waals surface area (Å²) in [4.78, 5) is 0. The van der Waals surface area contributed by atoms with E-state index in [0.717, 1.165) is 33.2 Å². The summed E-state index contributed by atoms with van der Waals surface area (Å²) >= 11 is 0.544. The first kappa shape index (κ1) is 49.3. The molecule has 1 aliphatic heterocycles. The van der Waals surface area contributed by atoms with Crippen LogP contribution in [0.15, 0.2) is 71.7 Å². The van der Waals surface area contributed by atoms with Crippen molar-refractivity contribution in [3.8, 4) is 5.75 Å². The average molecular weight is 719 g/mol. The Kier molecular flexibility index (Phi) is 24.4. The Balaban J connectivity index is -0.00000261. The molecule has 1 atom stereocenters. The lowest BCUT2D eigenvalue weighted by molar-refractivity contribution is -0.137. The molecule has 47 heavy (non-hydrogen) atoms. The van der Waals surface area contributed by atoms with Crippen molar-refractivity contribution in [1.82, 2.24) is 19.8 Å². The zero-order valence-electron chi connectivity index (χ0n) is 30.1. The molecule has 0 fully saturated rings. The van der Waals surface area contributed by atoms with E-state index in [0.29, 0.717) is 24.7 Å². The van der Waals surface area contributed by atoms with E-state index in [-0.39, 0.29) is 25.3 Å². The first-order valence-corrected chi connectivity index (χ1v) is 16.1. The smallest absolute Gasteiger partial charge is 0.416 e. The van der Waals surface area contributed by atoms with E-state index >= 15 is 0 Å². The van der Waals surface area contributed by atoms with E-state index in [1.54, 1.807) is 12.2 Å². The molecule has 1 unspecified atom stereocenters. The molecule has 0 amide bonds. The van der Waals surface area contributed by atoms with Gasteiger partial charge < -0.3 is 4.74 Å². The third-order valence-corrected chi connectivity index (χ3v) is 6.67. The van der Waals surface area contributed by atoms with Gasteiger partial charge in [0.2, 0.25) is 5.88 Å². The molecule has 2 rings (SSSR count). The summed E-state index contributed by atoms with van der Waals surface area (Å²) < 4.78 is 88.9. The van der Waals surface area contributed by atoms with Crippen LogP contribution in [-0.4, -0.2) is 59.3 Å². The van der Waals surface area contributed by atoms with Crippen LogP contribution in [0.1, 0.15) is 81.7 Å². The average Bonchev–Trinajstić information content (AvgIpc) is 3.22. The first-order chi connectivity index (χ1) is 21.4. The lowest BCUT2D eigenvalue weighted by atomic mass is 9.90. The van der Waals surface area contributed by atoms with Gasteiger partial charge in [0.1, 0.15) is 24.5 Å². The minimum Gasteiger partial charge on any atom is -0.440 e. The SMILES string of the molecule is C=C/C=C(\C=C(/C)C1C(C)=C(Oc2ccc(C(F)(F)F)cc2)N(CC)N1C)C(C)(C)NOSN(C)CC(F)(F)F.CC.CC.CC.S. The molecule has 1 aromatic carbocycles. The Bertz CT molecular complexity index is 1120. The summed E-state index contributed by atoms with van der Waals surface area (Å²) in [6, 6.07) is 4.30. The van der Waals surface area contributed by atoms with Crippen LogP contribution in [-0.2, 0) is 10.5 Å². The van der Waals surface area contributed by atoms with Gasteiger partial charge in [-0.15, -0.1) is 0 Å². The number of nitrogens with one attached hydrogen (secondary N) is 1. The van der Waals surface area contributed by atoms with Crippen LogP contribution in [0.2, 0.25) is 0 Å². The first-order valence-electron chi connectivity index (χ1n) is 15.4. The van der Waals surface area contributed by atoms with E-state index in [1.165, 1.54) is 19.2 Å². The largest absolute Gasteiger partial charge is 0.440 e. The molecule has 0 radical (unpaired) electrons. The second-order valence-electron chi connectivity index (χ2n) is 9.84. The Labute approximate surface area is 290 Å². The number of rotatable bonds is 12. The van der Waals surface area contributed by atoms with Crippen LogP contribution in [0.4, 0.5) is 26.3 Å². The van der Waals surface area contributed by atoms with E-state index in [9.17, 15) is 26.3 Å². The maximum Gasteiger partial charge on any atom is 0.416 e. The van der Waals surface area contributed by atoms with Crippen LogP contribution >= 0.6 is 25.7 Å². The van der Waals surface area contributed by atoms with Crippen molar-refractivity contribution in [3.05, 3.63) is 77.2 Å². The Morgan fingerprint density at radius 2 is 1.53 bits per heavy atom. The molecule has 1 aromatic rings.